The van der Waals surface area contributed by atoms with Crippen LogP contribution in [-0.4, -0.2) is 27.5 Å². The SMILES string of the molecule is O=C(CSc1nc2ccc(Cl)cc2[nH]1)NNC(=O)c1ccc(F)cc1. The number of rotatable bonds is 4. The predicted molar refractivity (Wildman–Crippen MR) is 93.8 cm³/mol. The van der Waals surface area contributed by atoms with Crippen molar-refractivity contribution in [2.45, 2.75) is 5.16 Å². The number of imidazole rings is 1. The van der Waals surface area contributed by atoms with E-state index in [2.05, 4.69) is 20.8 Å². The van der Waals surface area contributed by atoms with Gasteiger partial charge in [0, 0.05) is 10.6 Å². The van der Waals surface area contributed by atoms with Gasteiger partial charge in [-0.3, -0.25) is 20.4 Å². The lowest BCUT2D eigenvalue weighted by atomic mass is 10.2. The maximum atomic E-state index is 12.8. The molecule has 1 heterocycles. The number of aromatic nitrogens is 2. The number of nitrogens with zero attached hydrogens (tertiary/aromatic N) is 1. The number of nitrogens with one attached hydrogen (secondary N) is 3. The van der Waals surface area contributed by atoms with Crippen LogP contribution in [0.5, 0.6) is 0 Å². The standard InChI is InChI=1S/C16H12ClFN4O2S/c17-10-3-6-12-13(7-10)20-16(19-12)25-8-14(23)21-22-15(24)9-1-4-11(18)5-2-9/h1-7H,8H2,(H,19,20)(H,21,23)(H,22,24). The van der Waals surface area contributed by atoms with Gasteiger partial charge in [-0.2, -0.15) is 0 Å². The predicted octanol–water partition coefficient (Wildman–Crippen LogP) is 2.91. The number of amides is 2. The minimum atomic E-state index is -0.531. The van der Waals surface area contributed by atoms with Gasteiger partial charge in [-0.05, 0) is 42.5 Å². The fraction of sp³-hybridized carbons (Fsp3) is 0.0625. The molecule has 1 aromatic heterocycles. The maximum Gasteiger partial charge on any atom is 0.269 e. The molecule has 2 aromatic carbocycles. The molecule has 0 saturated heterocycles. The average molecular weight is 379 g/mol. The second kappa shape index (κ2) is 7.54. The van der Waals surface area contributed by atoms with Crippen molar-refractivity contribution in [2.24, 2.45) is 0 Å². The highest BCUT2D eigenvalue weighted by atomic mass is 35.5. The van der Waals surface area contributed by atoms with Crippen LogP contribution in [-0.2, 0) is 4.79 Å². The summed E-state index contributed by atoms with van der Waals surface area (Å²) >= 11 is 7.09. The van der Waals surface area contributed by atoms with Gasteiger partial charge in [0.15, 0.2) is 5.16 Å². The van der Waals surface area contributed by atoms with Crippen molar-refractivity contribution in [3.05, 3.63) is 58.9 Å². The zero-order valence-electron chi connectivity index (χ0n) is 12.7. The van der Waals surface area contributed by atoms with Gasteiger partial charge in [-0.25, -0.2) is 9.37 Å². The Bertz CT molecular complexity index is 930. The van der Waals surface area contributed by atoms with E-state index in [1.807, 2.05) is 0 Å². The van der Waals surface area contributed by atoms with E-state index >= 15 is 0 Å². The molecule has 0 spiro atoms. The quantitative estimate of drug-likeness (QED) is 0.481. The smallest absolute Gasteiger partial charge is 0.269 e. The number of hydrazine groups is 1. The van der Waals surface area contributed by atoms with Gasteiger partial charge in [-0.1, -0.05) is 23.4 Å². The van der Waals surface area contributed by atoms with E-state index in [9.17, 15) is 14.0 Å². The Kier molecular flexibility index (Phi) is 5.20. The molecule has 6 nitrogen and oxygen atoms in total. The Hall–Kier alpha value is -2.58. The van der Waals surface area contributed by atoms with Crippen molar-refractivity contribution < 1.29 is 14.0 Å². The van der Waals surface area contributed by atoms with E-state index < -0.39 is 17.6 Å². The van der Waals surface area contributed by atoms with Crippen LogP contribution in [0.25, 0.3) is 11.0 Å². The molecule has 3 N–H and O–H groups in total. The van der Waals surface area contributed by atoms with Crippen molar-refractivity contribution in [3.8, 4) is 0 Å². The lowest BCUT2D eigenvalue weighted by molar-refractivity contribution is -0.119. The van der Waals surface area contributed by atoms with Crippen LogP contribution < -0.4 is 10.9 Å². The summed E-state index contributed by atoms with van der Waals surface area (Å²) in [6.07, 6.45) is 0. The molecule has 0 aliphatic rings. The third kappa shape index (κ3) is 4.49. The molecule has 3 rings (SSSR count). The minimum Gasteiger partial charge on any atom is -0.333 e. The molecule has 0 atom stereocenters. The normalized spacial score (nSPS) is 10.6. The molecule has 128 valence electrons. The van der Waals surface area contributed by atoms with Crippen LogP contribution >= 0.6 is 23.4 Å². The molecule has 0 unspecified atom stereocenters. The van der Waals surface area contributed by atoms with Crippen molar-refractivity contribution in [1.29, 1.82) is 0 Å². The van der Waals surface area contributed by atoms with Crippen LogP contribution in [0.3, 0.4) is 0 Å². The summed E-state index contributed by atoms with van der Waals surface area (Å²) in [5.74, 6) is -1.32. The topological polar surface area (TPSA) is 86.9 Å². The van der Waals surface area contributed by atoms with Crippen LogP contribution in [0.4, 0.5) is 4.39 Å². The van der Waals surface area contributed by atoms with Gasteiger partial charge in [0.2, 0.25) is 5.91 Å². The van der Waals surface area contributed by atoms with Crippen LogP contribution in [0, 0.1) is 5.82 Å². The number of carbonyl (C=O) groups is 2. The first kappa shape index (κ1) is 17.2. The summed E-state index contributed by atoms with van der Waals surface area (Å²) < 4.78 is 12.8. The second-order valence-corrected chi connectivity index (χ2v) is 6.40. The van der Waals surface area contributed by atoms with Crippen molar-refractivity contribution in [1.82, 2.24) is 20.8 Å². The molecule has 0 aliphatic heterocycles. The molecule has 25 heavy (non-hydrogen) atoms. The molecule has 0 fully saturated rings. The molecule has 3 aromatic rings. The summed E-state index contributed by atoms with van der Waals surface area (Å²) in [6.45, 7) is 0. The Morgan fingerprint density at radius 1 is 1.16 bits per heavy atom. The Labute approximate surface area is 151 Å². The number of halogens is 2. The average Bonchev–Trinajstić information content (AvgIpc) is 3.00. The molecule has 9 heteroatoms. The molecule has 0 saturated carbocycles. The highest BCUT2D eigenvalue weighted by Crippen LogP contribution is 2.21. The molecule has 0 bridgehead atoms. The van der Waals surface area contributed by atoms with Crippen LogP contribution in [0.1, 0.15) is 10.4 Å². The van der Waals surface area contributed by atoms with Gasteiger partial charge in [0.25, 0.3) is 5.91 Å². The molecule has 0 radical (unpaired) electrons. The first-order chi connectivity index (χ1) is 12.0. The zero-order chi connectivity index (χ0) is 17.8. The fourth-order valence-corrected chi connectivity index (χ4v) is 2.85. The first-order valence-electron chi connectivity index (χ1n) is 7.14. The lowest BCUT2D eigenvalue weighted by Crippen LogP contribution is -2.42. The third-order valence-electron chi connectivity index (χ3n) is 3.18. The highest BCUT2D eigenvalue weighted by Gasteiger charge is 2.10. The summed E-state index contributed by atoms with van der Waals surface area (Å²) in [5.41, 5.74) is 6.32. The highest BCUT2D eigenvalue weighted by molar-refractivity contribution is 7.99. The monoisotopic (exact) mass is 378 g/mol. The van der Waals surface area contributed by atoms with E-state index in [0.717, 1.165) is 11.0 Å². The van der Waals surface area contributed by atoms with Gasteiger partial charge in [0.1, 0.15) is 5.82 Å². The number of hydrogen-bond acceptors (Lipinski definition) is 4. The minimum absolute atomic E-state index is 0.0528. The van der Waals surface area contributed by atoms with E-state index in [4.69, 9.17) is 11.6 Å². The van der Waals surface area contributed by atoms with Crippen molar-refractivity contribution in [3.63, 3.8) is 0 Å². The number of aromatic amines is 1. The number of carbonyl (C=O) groups excluding carboxylic acids is 2. The zero-order valence-corrected chi connectivity index (χ0v) is 14.2. The van der Waals surface area contributed by atoms with Crippen molar-refractivity contribution in [2.75, 3.05) is 5.75 Å². The first-order valence-corrected chi connectivity index (χ1v) is 8.50. The molecule has 2 amide bonds. The number of H-pyrrole nitrogens is 1. The third-order valence-corrected chi connectivity index (χ3v) is 4.29. The number of fused-ring (bicyclic) bond motifs is 1. The van der Waals surface area contributed by atoms with E-state index in [1.54, 1.807) is 18.2 Å². The molecule has 0 aliphatic carbocycles. The number of hydrogen-bond donors (Lipinski definition) is 3. The molecular formula is C16H12ClFN4O2S. The second-order valence-electron chi connectivity index (χ2n) is 5.00. The summed E-state index contributed by atoms with van der Waals surface area (Å²) in [6, 6.07) is 10.2. The van der Waals surface area contributed by atoms with Crippen LogP contribution in [0.15, 0.2) is 47.6 Å². The summed E-state index contributed by atoms with van der Waals surface area (Å²) in [5, 5.41) is 1.16. The number of thioether (sulfide) groups is 1. The van der Waals surface area contributed by atoms with Crippen LogP contribution in [0.2, 0.25) is 5.02 Å². The van der Waals surface area contributed by atoms with Gasteiger partial charge in [0.05, 0.1) is 16.8 Å². The van der Waals surface area contributed by atoms with Gasteiger partial charge in [-0.15, -0.1) is 0 Å². The summed E-state index contributed by atoms with van der Waals surface area (Å²) in [4.78, 5) is 31.0. The Balaban J connectivity index is 1.50. The van der Waals surface area contributed by atoms with E-state index in [1.165, 1.54) is 36.0 Å². The fourth-order valence-electron chi connectivity index (χ4n) is 2.00. The largest absolute Gasteiger partial charge is 0.333 e. The summed E-state index contributed by atoms with van der Waals surface area (Å²) in [7, 11) is 0. The Morgan fingerprint density at radius 3 is 2.68 bits per heavy atom. The Morgan fingerprint density at radius 2 is 1.92 bits per heavy atom. The number of benzene rings is 2. The maximum absolute atomic E-state index is 12.8. The van der Waals surface area contributed by atoms with Gasteiger partial charge >= 0.3 is 0 Å². The lowest BCUT2D eigenvalue weighted by Gasteiger charge is -2.06. The van der Waals surface area contributed by atoms with Crippen molar-refractivity contribution >= 4 is 46.2 Å². The molecular weight excluding hydrogens is 367 g/mol. The van der Waals surface area contributed by atoms with E-state index in [0.29, 0.717) is 10.2 Å². The van der Waals surface area contributed by atoms with E-state index in [-0.39, 0.29) is 11.3 Å². The van der Waals surface area contributed by atoms with Gasteiger partial charge < -0.3 is 4.98 Å².